The normalized spacial score (nSPS) is 25.7. The van der Waals surface area contributed by atoms with Gasteiger partial charge in [0.25, 0.3) is 0 Å². The van der Waals surface area contributed by atoms with E-state index in [4.69, 9.17) is 26.8 Å². The molecule has 0 spiro atoms. The van der Waals surface area contributed by atoms with Crippen molar-refractivity contribution in [3.63, 3.8) is 0 Å². The summed E-state index contributed by atoms with van der Waals surface area (Å²) >= 11 is 6.91. The fourth-order valence-electron chi connectivity index (χ4n) is 6.45. The number of nitrogens with zero attached hydrogens (tertiary/aromatic N) is 1. The predicted octanol–water partition coefficient (Wildman–Crippen LogP) is 4.93. The lowest BCUT2D eigenvalue weighted by atomic mass is 9.65. The Bertz CT molecular complexity index is 1070. The van der Waals surface area contributed by atoms with Crippen LogP contribution in [0.4, 0.5) is 0 Å². The lowest BCUT2D eigenvalue weighted by Gasteiger charge is -2.55. The van der Waals surface area contributed by atoms with Gasteiger partial charge < -0.3 is 25.2 Å². The zero-order valence-electron chi connectivity index (χ0n) is 22.1. The van der Waals surface area contributed by atoms with E-state index in [9.17, 15) is 9.90 Å². The summed E-state index contributed by atoms with van der Waals surface area (Å²) in [7, 11) is 1.69. The van der Waals surface area contributed by atoms with E-state index >= 15 is 0 Å². The van der Waals surface area contributed by atoms with Gasteiger partial charge in [0.05, 0.1) is 13.2 Å². The number of nitrogens with two attached hydrogens (primary N) is 1. The van der Waals surface area contributed by atoms with Crippen LogP contribution in [-0.4, -0.2) is 61.5 Å². The van der Waals surface area contributed by atoms with Crippen molar-refractivity contribution in [1.82, 2.24) is 4.90 Å². The standard InChI is InChI=1S/C30H41ClN2O4/c1-3-22-8-6-9-23(18-22)28-26(10-7-11-27(28)31)29(35,14-4-5-16-36-2)30(24-12-13-25(32)19-24)20-33(21-34)15-17-37-30/h6-11,18,21,24-25,35H,3-5,12-17,19-20,32H2,1-2H3/t24-,25+,29-,30+/m1/s1. The Labute approximate surface area is 226 Å². The molecular weight excluding hydrogens is 488 g/mol. The number of methoxy groups -OCH3 is 1. The number of hydrogen-bond donors (Lipinski definition) is 2. The summed E-state index contributed by atoms with van der Waals surface area (Å²) < 4.78 is 12.0. The number of aliphatic hydroxyl groups is 1. The fraction of sp³-hybridized carbons (Fsp3) is 0.567. The summed E-state index contributed by atoms with van der Waals surface area (Å²) in [5.74, 6) is 0.00600. The van der Waals surface area contributed by atoms with E-state index in [0.717, 1.165) is 61.6 Å². The first-order chi connectivity index (χ1) is 17.9. The van der Waals surface area contributed by atoms with Gasteiger partial charge in [0.1, 0.15) is 11.2 Å². The van der Waals surface area contributed by atoms with Crippen molar-refractivity contribution in [3.05, 3.63) is 58.6 Å². The monoisotopic (exact) mass is 528 g/mol. The van der Waals surface area contributed by atoms with Crippen molar-refractivity contribution in [2.45, 2.75) is 69.1 Å². The number of carbonyl (C=O) groups excluding carboxylic acids is 1. The highest BCUT2D eigenvalue weighted by atomic mass is 35.5. The van der Waals surface area contributed by atoms with Gasteiger partial charge in [-0.25, -0.2) is 0 Å². The SMILES string of the molecule is CCc1cccc(-c2c(Cl)cccc2[C@](O)(CCCCOC)[C@@]2([C@@H]3CC[C@H](N)C3)CN(C=O)CCO2)c1. The van der Waals surface area contributed by atoms with Gasteiger partial charge in [0, 0.05) is 36.9 Å². The lowest BCUT2D eigenvalue weighted by Crippen LogP contribution is -2.66. The van der Waals surface area contributed by atoms with E-state index in [0.29, 0.717) is 37.7 Å². The van der Waals surface area contributed by atoms with Gasteiger partial charge in [-0.2, -0.15) is 0 Å². The zero-order valence-corrected chi connectivity index (χ0v) is 22.9. The van der Waals surface area contributed by atoms with Crippen molar-refractivity contribution in [2.75, 3.05) is 33.4 Å². The predicted molar refractivity (Wildman–Crippen MR) is 148 cm³/mol. The molecular formula is C30H41ClN2O4. The number of morpholine rings is 1. The van der Waals surface area contributed by atoms with Crippen LogP contribution >= 0.6 is 11.6 Å². The number of carbonyl (C=O) groups is 1. The number of unbranched alkanes of at least 4 members (excludes halogenated alkanes) is 1. The number of amides is 1. The molecule has 0 aromatic heterocycles. The third kappa shape index (κ3) is 5.59. The molecule has 1 heterocycles. The molecule has 6 nitrogen and oxygen atoms in total. The second-order valence-electron chi connectivity index (χ2n) is 10.6. The smallest absolute Gasteiger partial charge is 0.209 e. The molecule has 1 aliphatic carbocycles. The van der Waals surface area contributed by atoms with Gasteiger partial charge in [-0.05, 0) is 73.6 Å². The molecule has 0 radical (unpaired) electrons. The minimum Gasteiger partial charge on any atom is -0.385 e. The fourth-order valence-corrected chi connectivity index (χ4v) is 6.73. The van der Waals surface area contributed by atoms with Crippen LogP contribution in [0, 0.1) is 5.92 Å². The second-order valence-corrected chi connectivity index (χ2v) is 11.0. The largest absolute Gasteiger partial charge is 0.385 e. The first-order valence-corrected chi connectivity index (χ1v) is 13.9. The Balaban J connectivity index is 1.92. The van der Waals surface area contributed by atoms with E-state index in [1.807, 2.05) is 30.3 Å². The highest BCUT2D eigenvalue weighted by Crippen LogP contribution is 2.53. The van der Waals surface area contributed by atoms with Gasteiger partial charge >= 0.3 is 0 Å². The Morgan fingerprint density at radius 3 is 2.78 bits per heavy atom. The number of hydrogen-bond acceptors (Lipinski definition) is 5. The Morgan fingerprint density at radius 1 is 1.27 bits per heavy atom. The van der Waals surface area contributed by atoms with E-state index in [1.165, 1.54) is 5.56 Å². The highest BCUT2D eigenvalue weighted by Gasteiger charge is 2.60. The van der Waals surface area contributed by atoms with Crippen molar-refractivity contribution in [3.8, 4) is 11.1 Å². The molecule has 2 fully saturated rings. The molecule has 2 aromatic rings. The zero-order chi connectivity index (χ0) is 26.5. The summed E-state index contributed by atoms with van der Waals surface area (Å²) in [6.07, 6.45) is 6.22. The second kappa shape index (κ2) is 12.3. The van der Waals surface area contributed by atoms with Crippen molar-refractivity contribution >= 4 is 18.0 Å². The molecule has 1 aliphatic heterocycles. The van der Waals surface area contributed by atoms with Crippen LogP contribution in [-0.2, 0) is 26.3 Å². The van der Waals surface area contributed by atoms with Gasteiger partial charge in [-0.1, -0.05) is 54.9 Å². The summed E-state index contributed by atoms with van der Waals surface area (Å²) in [6, 6.07) is 14.1. The summed E-state index contributed by atoms with van der Waals surface area (Å²) in [5, 5.41) is 13.7. The number of ether oxygens (including phenoxy) is 2. The first-order valence-electron chi connectivity index (χ1n) is 13.6. The van der Waals surface area contributed by atoms with E-state index in [2.05, 4.69) is 19.1 Å². The molecule has 7 heteroatoms. The summed E-state index contributed by atoms with van der Waals surface area (Å²) in [4.78, 5) is 13.8. The molecule has 0 unspecified atom stereocenters. The van der Waals surface area contributed by atoms with Crippen LogP contribution in [0.1, 0.15) is 56.6 Å². The maximum absolute atomic E-state index is 13.1. The minimum atomic E-state index is -1.40. The summed E-state index contributed by atoms with van der Waals surface area (Å²) in [6.45, 7) is 3.92. The number of rotatable bonds is 11. The molecule has 1 saturated heterocycles. The number of halogens is 1. The Morgan fingerprint density at radius 2 is 2.08 bits per heavy atom. The van der Waals surface area contributed by atoms with Crippen LogP contribution in [0.5, 0.6) is 0 Å². The molecule has 0 bridgehead atoms. The first kappa shape index (κ1) is 28.1. The van der Waals surface area contributed by atoms with Crippen LogP contribution in [0.2, 0.25) is 5.02 Å². The Kier molecular flexibility index (Phi) is 9.30. The van der Waals surface area contributed by atoms with Crippen LogP contribution in [0.15, 0.2) is 42.5 Å². The van der Waals surface area contributed by atoms with E-state index < -0.39 is 11.2 Å². The maximum atomic E-state index is 13.1. The molecule has 4 atom stereocenters. The molecule has 4 rings (SSSR count). The minimum absolute atomic E-state index is 0.00600. The highest BCUT2D eigenvalue weighted by molar-refractivity contribution is 6.33. The number of benzene rings is 2. The van der Waals surface area contributed by atoms with Crippen molar-refractivity contribution in [1.29, 1.82) is 0 Å². The Hall–Kier alpha value is -1.96. The maximum Gasteiger partial charge on any atom is 0.209 e. The quantitative estimate of drug-likeness (QED) is 0.319. The molecule has 37 heavy (non-hydrogen) atoms. The molecule has 1 amide bonds. The van der Waals surface area contributed by atoms with E-state index in [-0.39, 0.29) is 12.0 Å². The average molecular weight is 529 g/mol. The van der Waals surface area contributed by atoms with Crippen LogP contribution < -0.4 is 5.73 Å². The third-order valence-electron chi connectivity index (χ3n) is 8.38. The number of aryl methyl sites for hydroxylation is 1. The van der Waals surface area contributed by atoms with Crippen molar-refractivity contribution < 1.29 is 19.4 Å². The van der Waals surface area contributed by atoms with Crippen LogP contribution in [0.25, 0.3) is 11.1 Å². The van der Waals surface area contributed by atoms with Gasteiger partial charge in [0.2, 0.25) is 6.41 Å². The molecule has 2 aliphatic rings. The molecule has 1 saturated carbocycles. The van der Waals surface area contributed by atoms with Gasteiger partial charge in [-0.15, -0.1) is 0 Å². The van der Waals surface area contributed by atoms with E-state index in [1.54, 1.807) is 12.0 Å². The molecule has 2 aromatic carbocycles. The summed E-state index contributed by atoms with van der Waals surface area (Å²) in [5.41, 5.74) is 7.73. The lowest BCUT2D eigenvalue weighted by molar-refractivity contribution is -0.246. The van der Waals surface area contributed by atoms with Crippen molar-refractivity contribution in [2.24, 2.45) is 11.7 Å². The molecule has 3 N–H and O–H groups in total. The molecule has 202 valence electrons. The topological polar surface area (TPSA) is 85.0 Å². The van der Waals surface area contributed by atoms with Gasteiger partial charge in [0.15, 0.2) is 0 Å². The third-order valence-corrected chi connectivity index (χ3v) is 8.69. The van der Waals surface area contributed by atoms with Crippen LogP contribution in [0.3, 0.4) is 0 Å². The average Bonchev–Trinajstić information content (AvgIpc) is 3.37. The van der Waals surface area contributed by atoms with Gasteiger partial charge in [-0.3, -0.25) is 4.79 Å².